The van der Waals surface area contributed by atoms with Crippen LogP contribution in [0.1, 0.15) is 12.8 Å². The first-order valence-electron chi connectivity index (χ1n) is 4.35. The van der Waals surface area contributed by atoms with Crippen LogP contribution in [0.15, 0.2) is 0 Å². The molecule has 4 atom stereocenters. The first-order chi connectivity index (χ1) is 6.85. The molecule has 5 nitrogen and oxygen atoms in total. The van der Waals surface area contributed by atoms with Crippen molar-refractivity contribution in [2.75, 3.05) is 0 Å². The number of hydrogen-bond acceptors (Lipinski definition) is 3. The maximum atomic E-state index is 13.9. The van der Waals surface area contributed by atoms with E-state index in [1.165, 1.54) is 0 Å². The molecule has 0 unspecified atom stereocenters. The average molecular weight is 222 g/mol. The molecular formula is C8H8F2O5. The normalized spacial score (nSPS) is 48.1. The van der Waals surface area contributed by atoms with E-state index in [-0.39, 0.29) is 12.8 Å². The lowest BCUT2D eigenvalue weighted by molar-refractivity contribution is -0.180. The van der Waals surface area contributed by atoms with Gasteiger partial charge in [0.2, 0.25) is 0 Å². The summed E-state index contributed by atoms with van der Waals surface area (Å²) in [7, 11) is 0. The smallest absolute Gasteiger partial charge is 0.348 e. The number of aliphatic carboxylic acids is 2. The second kappa shape index (κ2) is 2.66. The largest absolute Gasteiger partial charge is 0.479 e. The second-order valence-electron chi connectivity index (χ2n) is 3.72. The van der Waals surface area contributed by atoms with Crippen LogP contribution in [0.4, 0.5) is 8.78 Å². The Labute approximate surface area is 82.6 Å². The number of rotatable bonds is 2. The van der Waals surface area contributed by atoms with Crippen molar-refractivity contribution in [1.29, 1.82) is 0 Å². The van der Waals surface area contributed by atoms with Crippen LogP contribution < -0.4 is 0 Å². The molecule has 7 heteroatoms. The quantitative estimate of drug-likeness (QED) is 0.693. The molecule has 2 fully saturated rings. The number of ether oxygens (including phenoxy) is 1. The van der Waals surface area contributed by atoms with Gasteiger partial charge in [0, 0.05) is 0 Å². The first-order valence-corrected chi connectivity index (χ1v) is 4.35. The number of alkyl halides is 2. The highest BCUT2D eigenvalue weighted by Gasteiger charge is 2.80. The summed E-state index contributed by atoms with van der Waals surface area (Å²) < 4.78 is 32.6. The number of halogens is 2. The minimum absolute atomic E-state index is 0.0203. The number of hydrogen-bond donors (Lipinski definition) is 2. The van der Waals surface area contributed by atoms with Gasteiger partial charge < -0.3 is 14.9 Å². The minimum atomic E-state index is -3.48. The fraction of sp³-hybridized carbons (Fsp3) is 0.750. The van der Waals surface area contributed by atoms with Crippen LogP contribution in [-0.4, -0.2) is 45.7 Å². The lowest BCUT2D eigenvalue weighted by atomic mass is 9.74. The van der Waals surface area contributed by atoms with Gasteiger partial charge in [-0.05, 0) is 12.8 Å². The van der Waals surface area contributed by atoms with E-state index in [1.54, 1.807) is 0 Å². The number of carboxylic acid groups (broad SMARTS) is 2. The summed E-state index contributed by atoms with van der Waals surface area (Å²) >= 11 is 0. The highest BCUT2D eigenvalue weighted by Crippen LogP contribution is 2.53. The van der Waals surface area contributed by atoms with Crippen LogP contribution in [-0.2, 0) is 14.3 Å². The number of carbonyl (C=O) groups is 2. The monoisotopic (exact) mass is 222 g/mol. The van der Waals surface area contributed by atoms with Crippen LogP contribution in [0.5, 0.6) is 0 Å². The van der Waals surface area contributed by atoms with Gasteiger partial charge in [0.05, 0.1) is 0 Å². The van der Waals surface area contributed by atoms with Gasteiger partial charge in [-0.15, -0.1) is 0 Å². The highest BCUT2D eigenvalue weighted by molar-refractivity contribution is 5.93. The molecule has 2 N–H and O–H groups in total. The third-order valence-electron chi connectivity index (χ3n) is 3.06. The molecule has 84 valence electrons. The van der Waals surface area contributed by atoms with E-state index in [4.69, 9.17) is 14.9 Å². The number of carboxylic acids is 2. The van der Waals surface area contributed by atoms with Crippen LogP contribution in [0.3, 0.4) is 0 Å². The molecule has 0 amide bonds. The van der Waals surface area contributed by atoms with Crippen molar-refractivity contribution >= 4 is 11.9 Å². The van der Waals surface area contributed by atoms with Crippen LogP contribution in [0.2, 0.25) is 0 Å². The Balaban J connectivity index is 2.53. The summed E-state index contributed by atoms with van der Waals surface area (Å²) in [6, 6.07) is 0. The summed E-state index contributed by atoms with van der Waals surface area (Å²) in [5, 5.41) is 17.2. The Hall–Kier alpha value is -1.24. The van der Waals surface area contributed by atoms with Crippen molar-refractivity contribution in [1.82, 2.24) is 0 Å². The third kappa shape index (κ3) is 0.889. The molecule has 0 aliphatic carbocycles. The lowest BCUT2D eigenvalue weighted by Gasteiger charge is -2.32. The summed E-state index contributed by atoms with van der Waals surface area (Å²) in [5.41, 5.74) is -6.97. The van der Waals surface area contributed by atoms with E-state index in [0.29, 0.717) is 0 Å². The molecule has 0 spiro atoms. The molecule has 0 radical (unpaired) electrons. The van der Waals surface area contributed by atoms with Crippen molar-refractivity contribution in [2.45, 2.75) is 36.4 Å². The van der Waals surface area contributed by atoms with Gasteiger partial charge >= 0.3 is 11.9 Å². The van der Waals surface area contributed by atoms with Crippen LogP contribution in [0.25, 0.3) is 0 Å². The fourth-order valence-corrected chi connectivity index (χ4v) is 2.28. The van der Waals surface area contributed by atoms with Gasteiger partial charge in [-0.25, -0.2) is 18.4 Å². The zero-order chi connectivity index (χ0) is 11.4. The molecule has 15 heavy (non-hydrogen) atoms. The van der Waals surface area contributed by atoms with E-state index in [0.717, 1.165) is 0 Å². The second-order valence-corrected chi connectivity index (χ2v) is 3.72. The van der Waals surface area contributed by atoms with Crippen LogP contribution in [0, 0.1) is 0 Å². The van der Waals surface area contributed by atoms with E-state index < -0.39 is 35.5 Å². The van der Waals surface area contributed by atoms with Crippen molar-refractivity contribution in [3.8, 4) is 0 Å². The van der Waals surface area contributed by atoms with Gasteiger partial charge in [0.15, 0.2) is 0 Å². The molecular weight excluding hydrogens is 214 g/mol. The Morgan fingerprint density at radius 2 is 1.40 bits per heavy atom. The molecule has 0 aromatic rings. The first kappa shape index (κ1) is 10.3. The van der Waals surface area contributed by atoms with Crippen molar-refractivity contribution in [3.05, 3.63) is 0 Å². The molecule has 2 heterocycles. The molecule has 2 saturated heterocycles. The SMILES string of the molecule is O=C(O)[C@@]1(F)[C@@H]2CC[C@@H](O2)[C@@]1(F)C(=O)O. The topological polar surface area (TPSA) is 83.8 Å². The minimum Gasteiger partial charge on any atom is -0.479 e. The van der Waals surface area contributed by atoms with E-state index >= 15 is 0 Å². The summed E-state index contributed by atoms with van der Waals surface area (Å²) in [6.07, 6.45) is -2.99. The maximum Gasteiger partial charge on any atom is 0.348 e. The lowest BCUT2D eigenvalue weighted by Crippen LogP contribution is -2.64. The maximum absolute atomic E-state index is 13.9. The van der Waals surface area contributed by atoms with Crippen molar-refractivity contribution in [2.24, 2.45) is 0 Å². The van der Waals surface area contributed by atoms with Gasteiger partial charge in [0.1, 0.15) is 12.2 Å². The molecule has 0 aromatic heterocycles. The van der Waals surface area contributed by atoms with Crippen molar-refractivity contribution < 1.29 is 33.3 Å². The molecule has 0 saturated carbocycles. The average Bonchev–Trinajstić information content (AvgIpc) is 2.69. The predicted molar refractivity (Wildman–Crippen MR) is 40.8 cm³/mol. The summed E-state index contributed by atoms with van der Waals surface area (Å²) in [5.74, 6) is -4.25. The highest BCUT2D eigenvalue weighted by atomic mass is 19.2. The van der Waals surface area contributed by atoms with E-state index in [1.807, 2.05) is 0 Å². The zero-order valence-electron chi connectivity index (χ0n) is 7.44. The molecule has 2 aliphatic rings. The standard InChI is InChI=1S/C8H8F2O5/c9-7(5(11)12)3-1-2-4(15-3)8(7,10)6(13)14/h3-4H,1-2H2,(H,11,12)(H,13,14)/t3-,4+,7-,8+. The van der Waals surface area contributed by atoms with Crippen molar-refractivity contribution in [3.63, 3.8) is 0 Å². The fourth-order valence-electron chi connectivity index (χ4n) is 2.28. The summed E-state index contributed by atoms with van der Waals surface area (Å²) in [4.78, 5) is 21.3. The Morgan fingerprint density at radius 3 is 1.67 bits per heavy atom. The Morgan fingerprint density at radius 1 is 1.07 bits per heavy atom. The van der Waals surface area contributed by atoms with Gasteiger partial charge in [0.25, 0.3) is 11.3 Å². The van der Waals surface area contributed by atoms with Crippen LogP contribution >= 0.6 is 0 Å². The van der Waals surface area contributed by atoms with E-state index in [9.17, 15) is 18.4 Å². The van der Waals surface area contributed by atoms with Gasteiger partial charge in [-0.2, -0.15) is 0 Å². The molecule has 2 bridgehead atoms. The number of fused-ring (bicyclic) bond motifs is 2. The molecule has 2 rings (SSSR count). The third-order valence-corrected chi connectivity index (χ3v) is 3.06. The summed E-state index contributed by atoms with van der Waals surface area (Å²) in [6.45, 7) is 0. The Kier molecular flexibility index (Phi) is 1.82. The van der Waals surface area contributed by atoms with E-state index in [2.05, 4.69) is 0 Å². The van der Waals surface area contributed by atoms with Gasteiger partial charge in [-0.3, -0.25) is 0 Å². The zero-order valence-corrected chi connectivity index (χ0v) is 7.44. The molecule has 0 aromatic carbocycles. The predicted octanol–water partition coefficient (Wildman–Crippen LogP) is 0.133. The Bertz CT molecular complexity index is 314. The van der Waals surface area contributed by atoms with Gasteiger partial charge in [-0.1, -0.05) is 0 Å². The molecule has 2 aliphatic heterocycles.